The number of hydrogen-bond donors (Lipinski definition) is 0. The zero-order valence-corrected chi connectivity index (χ0v) is 12.7. The Bertz CT molecular complexity index is 1120. The molecule has 0 spiro atoms. The Balaban J connectivity index is 1.67. The van der Waals surface area contributed by atoms with E-state index < -0.39 is 0 Å². The van der Waals surface area contributed by atoms with Crippen molar-refractivity contribution in [1.82, 2.24) is 19.8 Å². The minimum absolute atomic E-state index is 0.619. The molecule has 5 rings (SSSR count). The van der Waals surface area contributed by atoms with Crippen LogP contribution in [0, 0.1) is 0 Å². The van der Waals surface area contributed by atoms with E-state index in [1.54, 1.807) is 10.8 Å². The fraction of sp³-hybridized carbons (Fsp3) is 0. The van der Waals surface area contributed by atoms with Crippen molar-refractivity contribution in [3.05, 3.63) is 60.9 Å². The molecule has 2 aromatic carbocycles. The van der Waals surface area contributed by atoms with Gasteiger partial charge in [-0.3, -0.25) is 0 Å². The van der Waals surface area contributed by atoms with Crippen LogP contribution >= 0.6 is 11.3 Å². The largest absolute Gasteiger partial charge is 0.461 e. The average Bonchev–Trinajstić information content (AvgIpc) is 3.30. The van der Waals surface area contributed by atoms with Gasteiger partial charge in [0, 0.05) is 5.56 Å². The molecule has 0 saturated carbocycles. The Hall–Kier alpha value is -2.99. The maximum Gasteiger partial charge on any atom is 0.235 e. The highest BCUT2D eigenvalue weighted by Crippen LogP contribution is 2.30. The van der Waals surface area contributed by atoms with Crippen molar-refractivity contribution in [2.24, 2.45) is 0 Å². The van der Waals surface area contributed by atoms with Gasteiger partial charge in [-0.2, -0.15) is 9.61 Å². The van der Waals surface area contributed by atoms with Gasteiger partial charge in [0.05, 0.1) is 6.26 Å². The number of hydrogen-bond acceptors (Lipinski definition) is 5. The van der Waals surface area contributed by atoms with Crippen LogP contribution in [0.1, 0.15) is 0 Å². The van der Waals surface area contributed by atoms with Crippen molar-refractivity contribution in [1.29, 1.82) is 0 Å². The summed E-state index contributed by atoms with van der Waals surface area (Å²) in [5.41, 5.74) is 1.07. The van der Waals surface area contributed by atoms with Crippen LogP contribution in [-0.4, -0.2) is 19.8 Å². The molecule has 5 aromatic rings. The van der Waals surface area contributed by atoms with Crippen LogP contribution in [0.2, 0.25) is 0 Å². The third-order valence-corrected chi connectivity index (χ3v) is 4.68. The smallest absolute Gasteiger partial charge is 0.235 e. The summed E-state index contributed by atoms with van der Waals surface area (Å²) in [5.74, 6) is 1.28. The Labute approximate surface area is 134 Å². The molecule has 0 N–H and O–H groups in total. The molecule has 6 heteroatoms. The minimum atomic E-state index is 0.619. The topological polar surface area (TPSA) is 56.2 Å². The molecule has 0 atom stereocenters. The lowest BCUT2D eigenvalue weighted by Crippen LogP contribution is -1.89. The van der Waals surface area contributed by atoms with Crippen LogP contribution in [-0.2, 0) is 0 Å². The predicted molar refractivity (Wildman–Crippen MR) is 89.3 cm³/mol. The van der Waals surface area contributed by atoms with Crippen molar-refractivity contribution < 1.29 is 4.42 Å². The highest BCUT2D eigenvalue weighted by Gasteiger charge is 2.16. The molecule has 0 aliphatic heterocycles. The number of aromatic nitrogens is 4. The lowest BCUT2D eigenvalue weighted by atomic mass is 10.1. The summed E-state index contributed by atoms with van der Waals surface area (Å²) in [4.78, 5) is 0.750. The first kappa shape index (κ1) is 12.5. The highest BCUT2D eigenvalue weighted by atomic mass is 32.1. The van der Waals surface area contributed by atoms with Gasteiger partial charge in [0.15, 0.2) is 5.76 Å². The number of furan rings is 1. The lowest BCUT2D eigenvalue weighted by Gasteiger charge is -2.00. The lowest BCUT2D eigenvalue weighted by molar-refractivity contribution is 0.575. The quantitative estimate of drug-likeness (QED) is 0.488. The molecule has 0 unspecified atom stereocenters. The van der Waals surface area contributed by atoms with E-state index in [4.69, 9.17) is 4.42 Å². The number of rotatable bonds is 2. The normalized spacial score (nSPS) is 11.5. The third kappa shape index (κ3) is 1.96. The second kappa shape index (κ2) is 4.76. The van der Waals surface area contributed by atoms with Crippen molar-refractivity contribution >= 4 is 27.1 Å². The van der Waals surface area contributed by atoms with E-state index in [1.165, 1.54) is 22.1 Å². The SMILES string of the molecule is c1coc(-c2nnc3sc(-c4ccc5ccccc5c4)nn23)c1. The van der Waals surface area contributed by atoms with Gasteiger partial charge < -0.3 is 4.42 Å². The summed E-state index contributed by atoms with van der Waals surface area (Å²) < 4.78 is 7.13. The van der Waals surface area contributed by atoms with Gasteiger partial charge in [-0.05, 0) is 29.0 Å². The molecule has 0 amide bonds. The number of benzene rings is 2. The molecule has 0 bridgehead atoms. The average molecular weight is 318 g/mol. The van der Waals surface area contributed by atoms with Crippen molar-refractivity contribution in [3.63, 3.8) is 0 Å². The summed E-state index contributed by atoms with van der Waals surface area (Å²) in [6.07, 6.45) is 1.62. The summed E-state index contributed by atoms with van der Waals surface area (Å²) >= 11 is 1.51. The molecule has 3 heterocycles. The van der Waals surface area contributed by atoms with Crippen LogP contribution in [0.3, 0.4) is 0 Å². The van der Waals surface area contributed by atoms with E-state index in [1.807, 2.05) is 24.3 Å². The predicted octanol–water partition coefficient (Wildman–Crippen LogP) is 4.27. The number of fused-ring (bicyclic) bond motifs is 2. The molecule has 110 valence electrons. The van der Waals surface area contributed by atoms with Crippen molar-refractivity contribution in [2.45, 2.75) is 0 Å². The molecule has 5 nitrogen and oxygen atoms in total. The fourth-order valence-corrected chi connectivity index (χ4v) is 3.45. The first-order valence-electron chi connectivity index (χ1n) is 7.14. The molecule has 0 radical (unpaired) electrons. The van der Waals surface area contributed by atoms with E-state index in [-0.39, 0.29) is 0 Å². The fourth-order valence-electron chi connectivity index (χ4n) is 2.62. The summed E-state index contributed by atoms with van der Waals surface area (Å²) in [7, 11) is 0. The van der Waals surface area contributed by atoms with E-state index in [2.05, 4.69) is 45.6 Å². The summed E-state index contributed by atoms with van der Waals surface area (Å²) in [6, 6.07) is 18.3. The van der Waals surface area contributed by atoms with E-state index in [0.717, 1.165) is 15.5 Å². The molecule has 3 aromatic heterocycles. The molecule has 23 heavy (non-hydrogen) atoms. The monoisotopic (exact) mass is 318 g/mol. The van der Waals surface area contributed by atoms with E-state index >= 15 is 0 Å². The van der Waals surface area contributed by atoms with E-state index in [0.29, 0.717) is 11.6 Å². The molecule has 0 aliphatic rings. The van der Waals surface area contributed by atoms with Crippen LogP contribution in [0.4, 0.5) is 0 Å². The van der Waals surface area contributed by atoms with Gasteiger partial charge >= 0.3 is 0 Å². The van der Waals surface area contributed by atoms with Crippen LogP contribution in [0.15, 0.2) is 65.3 Å². The zero-order chi connectivity index (χ0) is 15.2. The highest BCUT2D eigenvalue weighted by molar-refractivity contribution is 7.19. The summed E-state index contributed by atoms with van der Waals surface area (Å²) in [5, 5.41) is 16.3. The maximum atomic E-state index is 5.40. The molecule has 0 fully saturated rings. The van der Waals surface area contributed by atoms with E-state index in [9.17, 15) is 0 Å². The number of nitrogens with zero attached hydrogens (tertiary/aromatic N) is 4. The second-order valence-electron chi connectivity index (χ2n) is 5.16. The Kier molecular flexibility index (Phi) is 2.59. The first-order chi connectivity index (χ1) is 11.4. The van der Waals surface area contributed by atoms with Crippen molar-refractivity contribution in [3.8, 4) is 22.2 Å². The minimum Gasteiger partial charge on any atom is -0.461 e. The van der Waals surface area contributed by atoms with Gasteiger partial charge in [-0.15, -0.1) is 10.2 Å². The summed E-state index contributed by atoms with van der Waals surface area (Å²) in [6.45, 7) is 0. The van der Waals surface area contributed by atoms with Crippen LogP contribution < -0.4 is 0 Å². The zero-order valence-electron chi connectivity index (χ0n) is 11.9. The molecular formula is C17H10N4OS. The van der Waals surface area contributed by atoms with Gasteiger partial charge in [-0.25, -0.2) is 0 Å². The van der Waals surface area contributed by atoms with Crippen LogP contribution in [0.5, 0.6) is 0 Å². The second-order valence-corrected chi connectivity index (χ2v) is 6.12. The van der Waals surface area contributed by atoms with Crippen LogP contribution in [0.25, 0.3) is 37.9 Å². The molecule has 0 aliphatic carbocycles. The molecule has 0 saturated heterocycles. The van der Waals surface area contributed by atoms with Gasteiger partial charge in [0.25, 0.3) is 0 Å². The first-order valence-corrected chi connectivity index (χ1v) is 7.95. The maximum absolute atomic E-state index is 5.40. The third-order valence-electron chi connectivity index (χ3n) is 3.73. The van der Waals surface area contributed by atoms with Gasteiger partial charge in [-0.1, -0.05) is 47.7 Å². The van der Waals surface area contributed by atoms with Crippen molar-refractivity contribution in [2.75, 3.05) is 0 Å². The standard InChI is InChI=1S/C17H10N4OS/c1-2-5-12-10-13(8-7-11(12)4-1)16-20-21-15(14-6-3-9-22-14)18-19-17(21)23-16/h1-10H. The molecular weight excluding hydrogens is 308 g/mol. The Morgan fingerprint density at radius 1 is 0.913 bits per heavy atom. The van der Waals surface area contributed by atoms with Gasteiger partial charge in [0.2, 0.25) is 10.8 Å². The van der Waals surface area contributed by atoms with Gasteiger partial charge in [0.1, 0.15) is 5.01 Å². The Morgan fingerprint density at radius 2 is 1.83 bits per heavy atom. The Morgan fingerprint density at radius 3 is 2.70 bits per heavy atom.